The Morgan fingerprint density at radius 3 is 1.52 bits per heavy atom. The van der Waals surface area contributed by atoms with Crippen LogP contribution >= 0.6 is 0 Å². The molecular weight excluding hydrogens is 284 g/mol. The van der Waals surface area contributed by atoms with Crippen LogP contribution in [0.25, 0.3) is 0 Å². The third-order valence-electron chi connectivity index (χ3n) is 4.83. The van der Waals surface area contributed by atoms with Gasteiger partial charge in [0, 0.05) is 5.41 Å². The van der Waals surface area contributed by atoms with E-state index in [0.29, 0.717) is 13.2 Å². The summed E-state index contributed by atoms with van der Waals surface area (Å²) in [5.41, 5.74) is 0.0997. The number of hydrogen-bond acceptors (Lipinski definition) is 2. The minimum Gasteiger partial charge on any atom is -0.501 e. The maximum atomic E-state index is 5.48. The molecule has 0 unspecified atom stereocenters. The van der Waals surface area contributed by atoms with E-state index in [9.17, 15) is 0 Å². The van der Waals surface area contributed by atoms with Gasteiger partial charge in [-0.05, 0) is 12.8 Å². The molecule has 0 aromatic heterocycles. The lowest BCUT2D eigenvalue weighted by Crippen LogP contribution is -2.30. The monoisotopic (exact) mass is 324 g/mol. The summed E-state index contributed by atoms with van der Waals surface area (Å²) in [6.07, 6.45) is 19.0. The fraction of sp³-hybridized carbons (Fsp3) is 0.810. The third kappa shape index (κ3) is 12.2. The van der Waals surface area contributed by atoms with Gasteiger partial charge in [-0.2, -0.15) is 0 Å². The molecule has 0 saturated heterocycles. The topological polar surface area (TPSA) is 18.5 Å². The highest BCUT2D eigenvalue weighted by Crippen LogP contribution is 2.30. The van der Waals surface area contributed by atoms with E-state index in [-0.39, 0.29) is 5.41 Å². The molecule has 0 saturated carbocycles. The summed E-state index contributed by atoms with van der Waals surface area (Å²) in [6, 6.07) is 0. The van der Waals surface area contributed by atoms with Gasteiger partial charge in [-0.25, -0.2) is 0 Å². The first-order valence-corrected chi connectivity index (χ1v) is 9.69. The number of unbranched alkanes of at least 4 members (excludes halogenated alkanes) is 9. The van der Waals surface area contributed by atoms with E-state index in [2.05, 4.69) is 27.0 Å². The Labute approximate surface area is 145 Å². The Hall–Kier alpha value is -0.920. The molecule has 0 bridgehead atoms. The van der Waals surface area contributed by atoms with Gasteiger partial charge in [-0.15, -0.1) is 0 Å². The van der Waals surface area contributed by atoms with Crippen molar-refractivity contribution in [3.8, 4) is 0 Å². The van der Waals surface area contributed by atoms with Gasteiger partial charge in [0.1, 0.15) is 0 Å². The molecule has 0 aliphatic heterocycles. The lowest BCUT2D eigenvalue weighted by molar-refractivity contribution is 0.0269. The van der Waals surface area contributed by atoms with E-state index in [1.54, 1.807) is 0 Å². The van der Waals surface area contributed by atoms with Crippen molar-refractivity contribution in [2.24, 2.45) is 5.41 Å². The van der Waals surface area contributed by atoms with Gasteiger partial charge in [0.25, 0.3) is 0 Å². The second kappa shape index (κ2) is 16.0. The van der Waals surface area contributed by atoms with Gasteiger partial charge in [0.05, 0.1) is 25.7 Å². The Kier molecular flexibility index (Phi) is 15.3. The minimum absolute atomic E-state index is 0.0997. The fourth-order valence-corrected chi connectivity index (χ4v) is 3.03. The van der Waals surface area contributed by atoms with Gasteiger partial charge in [-0.3, -0.25) is 0 Å². The van der Waals surface area contributed by atoms with Crippen molar-refractivity contribution in [3.63, 3.8) is 0 Å². The molecule has 0 aromatic carbocycles. The zero-order valence-corrected chi connectivity index (χ0v) is 15.8. The molecular formula is C21H40O2. The molecule has 0 amide bonds. The highest BCUT2D eigenvalue weighted by Gasteiger charge is 2.29. The van der Waals surface area contributed by atoms with E-state index in [1.165, 1.54) is 76.7 Å². The van der Waals surface area contributed by atoms with Crippen LogP contribution in [0.1, 0.15) is 90.9 Å². The van der Waals surface area contributed by atoms with Crippen LogP contribution < -0.4 is 0 Å². The zero-order valence-electron chi connectivity index (χ0n) is 15.8. The lowest BCUT2D eigenvalue weighted by Gasteiger charge is -2.31. The first-order chi connectivity index (χ1) is 11.2. The standard InChI is InChI=1S/C21H40O2/c1-5-9-10-11-12-13-14-15-16-17-18-21(6-2,19-22-7-3)20-23-8-4/h7-8H,3-6,9-20H2,1-2H3. The summed E-state index contributed by atoms with van der Waals surface area (Å²) in [5, 5.41) is 0. The third-order valence-corrected chi connectivity index (χ3v) is 4.83. The highest BCUT2D eigenvalue weighted by atomic mass is 16.5. The van der Waals surface area contributed by atoms with Crippen LogP contribution in [-0.2, 0) is 9.47 Å². The van der Waals surface area contributed by atoms with Crippen LogP contribution in [0.5, 0.6) is 0 Å². The van der Waals surface area contributed by atoms with Crippen LogP contribution in [0.2, 0.25) is 0 Å². The van der Waals surface area contributed by atoms with Crippen molar-refractivity contribution in [1.29, 1.82) is 0 Å². The van der Waals surface area contributed by atoms with Crippen LogP contribution in [-0.4, -0.2) is 13.2 Å². The molecule has 136 valence electrons. The van der Waals surface area contributed by atoms with Crippen molar-refractivity contribution >= 4 is 0 Å². The largest absolute Gasteiger partial charge is 0.501 e. The molecule has 0 heterocycles. The zero-order chi connectivity index (χ0) is 17.2. The Balaban J connectivity index is 3.80. The number of ether oxygens (including phenoxy) is 2. The van der Waals surface area contributed by atoms with E-state index < -0.39 is 0 Å². The first kappa shape index (κ1) is 22.1. The molecule has 0 N–H and O–H groups in total. The highest BCUT2D eigenvalue weighted by molar-refractivity contribution is 4.79. The van der Waals surface area contributed by atoms with E-state index in [4.69, 9.17) is 9.47 Å². The van der Waals surface area contributed by atoms with Gasteiger partial charge in [0.2, 0.25) is 0 Å². The fourth-order valence-electron chi connectivity index (χ4n) is 3.03. The second-order valence-corrected chi connectivity index (χ2v) is 6.74. The Morgan fingerprint density at radius 2 is 1.13 bits per heavy atom. The quantitative estimate of drug-likeness (QED) is 0.199. The summed E-state index contributed by atoms with van der Waals surface area (Å²) >= 11 is 0. The summed E-state index contributed by atoms with van der Waals surface area (Å²) in [7, 11) is 0. The van der Waals surface area contributed by atoms with Gasteiger partial charge >= 0.3 is 0 Å². The Morgan fingerprint density at radius 1 is 0.696 bits per heavy atom. The maximum absolute atomic E-state index is 5.48. The van der Waals surface area contributed by atoms with Crippen molar-refractivity contribution in [2.75, 3.05) is 13.2 Å². The summed E-state index contributed by atoms with van der Waals surface area (Å²) < 4.78 is 11.0. The molecule has 0 aliphatic carbocycles. The predicted octanol–water partition coefficient (Wildman–Crippen LogP) is 7.01. The van der Waals surface area contributed by atoms with Crippen molar-refractivity contribution in [2.45, 2.75) is 90.9 Å². The van der Waals surface area contributed by atoms with E-state index >= 15 is 0 Å². The van der Waals surface area contributed by atoms with Crippen LogP contribution in [0.15, 0.2) is 25.7 Å². The van der Waals surface area contributed by atoms with Gasteiger partial charge < -0.3 is 9.47 Å². The SMILES string of the molecule is C=COCC(CC)(CCCCCCCCCCCC)COC=C. The van der Waals surface area contributed by atoms with Crippen molar-refractivity contribution < 1.29 is 9.47 Å². The predicted molar refractivity (Wildman–Crippen MR) is 101 cm³/mol. The van der Waals surface area contributed by atoms with Gasteiger partial charge in [0.15, 0.2) is 0 Å². The lowest BCUT2D eigenvalue weighted by atomic mass is 9.81. The summed E-state index contributed by atoms with van der Waals surface area (Å²) in [4.78, 5) is 0. The molecule has 0 fully saturated rings. The van der Waals surface area contributed by atoms with Gasteiger partial charge in [-0.1, -0.05) is 91.2 Å². The normalized spacial score (nSPS) is 11.2. The Bertz CT molecular complexity index is 261. The molecule has 0 aromatic rings. The average molecular weight is 325 g/mol. The summed E-state index contributed by atoms with van der Waals surface area (Å²) in [5.74, 6) is 0. The van der Waals surface area contributed by atoms with E-state index in [1.807, 2.05) is 0 Å². The maximum Gasteiger partial charge on any atom is 0.0961 e. The van der Waals surface area contributed by atoms with Crippen LogP contribution in [0.3, 0.4) is 0 Å². The molecule has 0 aliphatic rings. The molecule has 0 atom stereocenters. The van der Waals surface area contributed by atoms with Crippen LogP contribution in [0.4, 0.5) is 0 Å². The number of hydrogen-bond donors (Lipinski definition) is 0. The van der Waals surface area contributed by atoms with E-state index in [0.717, 1.165) is 12.8 Å². The minimum atomic E-state index is 0.0997. The van der Waals surface area contributed by atoms with Crippen LogP contribution in [0, 0.1) is 5.41 Å². The second-order valence-electron chi connectivity index (χ2n) is 6.74. The number of rotatable bonds is 18. The smallest absolute Gasteiger partial charge is 0.0961 e. The first-order valence-electron chi connectivity index (χ1n) is 9.69. The molecule has 0 rings (SSSR count). The molecule has 0 radical (unpaired) electrons. The molecule has 2 heteroatoms. The molecule has 2 nitrogen and oxygen atoms in total. The molecule has 23 heavy (non-hydrogen) atoms. The average Bonchev–Trinajstić information content (AvgIpc) is 2.58. The molecule has 0 spiro atoms. The van der Waals surface area contributed by atoms with Crippen molar-refractivity contribution in [1.82, 2.24) is 0 Å². The summed E-state index contributed by atoms with van der Waals surface area (Å²) in [6.45, 7) is 13.2. The van der Waals surface area contributed by atoms with Crippen molar-refractivity contribution in [3.05, 3.63) is 25.7 Å².